The molecule has 1 saturated heterocycles. The van der Waals surface area contributed by atoms with Crippen molar-refractivity contribution in [3.05, 3.63) is 65.2 Å². The van der Waals surface area contributed by atoms with Crippen molar-refractivity contribution in [3.63, 3.8) is 0 Å². The zero-order chi connectivity index (χ0) is 20.3. The quantitative estimate of drug-likeness (QED) is 0.796. The summed E-state index contributed by atoms with van der Waals surface area (Å²) in [5.74, 6) is -0.606. The third-order valence-corrected chi connectivity index (χ3v) is 6.54. The maximum atomic E-state index is 12.6. The van der Waals surface area contributed by atoms with Gasteiger partial charge in [0.2, 0.25) is 15.9 Å². The normalized spacial score (nSPS) is 16.3. The third-order valence-electron chi connectivity index (χ3n) is 4.68. The van der Waals surface area contributed by atoms with E-state index in [4.69, 9.17) is 0 Å². The van der Waals surface area contributed by atoms with Crippen molar-refractivity contribution in [2.24, 2.45) is 0 Å². The lowest BCUT2D eigenvalue weighted by Crippen LogP contribution is -2.49. The Kier molecular flexibility index (Phi) is 5.81. The van der Waals surface area contributed by atoms with Gasteiger partial charge in [0, 0.05) is 18.7 Å². The number of rotatable bonds is 5. The van der Waals surface area contributed by atoms with Gasteiger partial charge in [0.05, 0.1) is 17.5 Å². The molecule has 1 unspecified atom stereocenters. The van der Waals surface area contributed by atoms with Crippen LogP contribution in [-0.4, -0.2) is 44.2 Å². The van der Waals surface area contributed by atoms with E-state index in [0.717, 1.165) is 15.4 Å². The second kappa shape index (κ2) is 8.12. The molecule has 1 fully saturated rings. The highest BCUT2D eigenvalue weighted by Gasteiger charge is 2.29. The van der Waals surface area contributed by atoms with Crippen LogP contribution >= 0.6 is 0 Å². The Morgan fingerprint density at radius 2 is 1.75 bits per heavy atom. The average molecular weight is 401 g/mol. The molecular weight excluding hydrogens is 378 g/mol. The van der Waals surface area contributed by atoms with Crippen molar-refractivity contribution < 1.29 is 18.0 Å². The van der Waals surface area contributed by atoms with Crippen molar-refractivity contribution in [1.82, 2.24) is 14.9 Å². The molecule has 2 amide bonds. The van der Waals surface area contributed by atoms with Crippen molar-refractivity contribution >= 4 is 21.8 Å². The molecular formula is C20H23N3O4S. The van der Waals surface area contributed by atoms with Gasteiger partial charge in [-0.1, -0.05) is 29.8 Å². The molecule has 8 heteroatoms. The topological polar surface area (TPSA) is 95.6 Å². The fourth-order valence-corrected chi connectivity index (χ4v) is 4.36. The molecule has 0 spiro atoms. The predicted octanol–water partition coefficient (Wildman–Crippen LogP) is 1.61. The van der Waals surface area contributed by atoms with Gasteiger partial charge in [-0.3, -0.25) is 9.59 Å². The van der Waals surface area contributed by atoms with Crippen LogP contribution in [-0.2, 0) is 14.8 Å². The van der Waals surface area contributed by atoms with E-state index in [1.54, 1.807) is 0 Å². The monoisotopic (exact) mass is 401 g/mol. The molecule has 0 bridgehead atoms. The Morgan fingerprint density at radius 1 is 1.11 bits per heavy atom. The molecule has 2 aromatic carbocycles. The second-order valence-corrected chi connectivity index (χ2v) is 8.76. The Labute approximate surface area is 164 Å². The number of sulfonamides is 1. The summed E-state index contributed by atoms with van der Waals surface area (Å²) in [6.07, 6.45) is 0. The van der Waals surface area contributed by atoms with Gasteiger partial charge < -0.3 is 10.6 Å². The number of aryl methyl sites for hydroxylation is 1. The summed E-state index contributed by atoms with van der Waals surface area (Å²) in [5, 5.41) is 5.50. The van der Waals surface area contributed by atoms with Crippen molar-refractivity contribution in [2.45, 2.75) is 24.8 Å². The molecule has 0 saturated carbocycles. The van der Waals surface area contributed by atoms with Gasteiger partial charge in [-0.15, -0.1) is 0 Å². The predicted molar refractivity (Wildman–Crippen MR) is 105 cm³/mol. The van der Waals surface area contributed by atoms with Gasteiger partial charge in [0.1, 0.15) is 0 Å². The summed E-state index contributed by atoms with van der Waals surface area (Å²) in [7, 11) is -3.77. The van der Waals surface area contributed by atoms with E-state index >= 15 is 0 Å². The minimum absolute atomic E-state index is 0.0605. The molecule has 7 nitrogen and oxygen atoms in total. The number of carbonyl (C=O) groups is 2. The van der Waals surface area contributed by atoms with Crippen LogP contribution in [0, 0.1) is 6.92 Å². The molecule has 2 aromatic rings. The molecule has 1 heterocycles. The van der Waals surface area contributed by atoms with Crippen LogP contribution in [0.5, 0.6) is 0 Å². The fourth-order valence-electron chi connectivity index (χ4n) is 2.97. The van der Waals surface area contributed by atoms with Gasteiger partial charge in [-0.2, -0.15) is 4.31 Å². The molecule has 1 atom stereocenters. The summed E-state index contributed by atoms with van der Waals surface area (Å²) in [6, 6.07) is 13.5. The Morgan fingerprint density at radius 3 is 2.36 bits per heavy atom. The van der Waals surface area contributed by atoms with E-state index < -0.39 is 10.0 Å². The number of carbonyl (C=O) groups excluding carboxylic acids is 2. The number of hydrogen-bond donors (Lipinski definition) is 2. The zero-order valence-corrected chi connectivity index (χ0v) is 16.6. The highest BCUT2D eigenvalue weighted by Crippen LogP contribution is 2.18. The van der Waals surface area contributed by atoms with Crippen molar-refractivity contribution in [3.8, 4) is 0 Å². The minimum atomic E-state index is -3.77. The number of amides is 2. The van der Waals surface area contributed by atoms with Crippen LogP contribution in [0.25, 0.3) is 0 Å². The van der Waals surface area contributed by atoms with E-state index in [-0.39, 0.29) is 42.4 Å². The first-order chi connectivity index (χ1) is 13.3. The van der Waals surface area contributed by atoms with Crippen LogP contribution in [0.15, 0.2) is 53.4 Å². The lowest BCUT2D eigenvalue weighted by molar-refractivity contribution is -0.122. The highest BCUT2D eigenvalue weighted by molar-refractivity contribution is 7.89. The average Bonchev–Trinajstić information content (AvgIpc) is 2.68. The lowest BCUT2D eigenvalue weighted by atomic mass is 10.1. The molecule has 3 rings (SSSR count). The Hall–Kier alpha value is -2.71. The third kappa shape index (κ3) is 4.40. The first-order valence-electron chi connectivity index (χ1n) is 9.02. The van der Waals surface area contributed by atoms with Crippen molar-refractivity contribution in [1.29, 1.82) is 0 Å². The van der Waals surface area contributed by atoms with Crippen LogP contribution in [0.1, 0.15) is 34.5 Å². The molecule has 1 aliphatic rings. The van der Waals surface area contributed by atoms with Crippen LogP contribution in [0.2, 0.25) is 0 Å². The van der Waals surface area contributed by atoms with E-state index in [2.05, 4.69) is 10.6 Å². The number of hydrogen-bond acceptors (Lipinski definition) is 4. The molecule has 0 aromatic heterocycles. The first-order valence-corrected chi connectivity index (χ1v) is 10.5. The smallest absolute Gasteiger partial charge is 0.251 e. The number of benzene rings is 2. The van der Waals surface area contributed by atoms with Crippen LogP contribution in [0.3, 0.4) is 0 Å². The lowest BCUT2D eigenvalue weighted by Gasteiger charge is -2.25. The number of nitrogens with one attached hydrogen (secondary N) is 2. The minimum Gasteiger partial charge on any atom is -0.354 e. The zero-order valence-electron chi connectivity index (χ0n) is 15.8. The van der Waals surface area contributed by atoms with Gasteiger partial charge in [0.25, 0.3) is 5.91 Å². The van der Waals surface area contributed by atoms with E-state index in [1.165, 1.54) is 24.3 Å². The van der Waals surface area contributed by atoms with Gasteiger partial charge >= 0.3 is 0 Å². The maximum Gasteiger partial charge on any atom is 0.251 e. The Balaban J connectivity index is 1.70. The van der Waals surface area contributed by atoms with Crippen molar-refractivity contribution in [2.75, 3.05) is 19.6 Å². The van der Waals surface area contributed by atoms with E-state index in [1.807, 2.05) is 38.1 Å². The SMILES string of the molecule is Cc1ccc(C(C)NC(=O)c2ccc(S(=O)(=O)N3CCNC(=O)C3)cc2)cc1. The summed E-state index contributed by atoms with van der Waals surface area (Å²) >= 11 is 0. The number of piperazine rings is 1. The second-order valence-electron chi connectivity index (χ2n) is 6.82. The molecule has 148 valence electrons. The molecule has 2 N–H and O–H groups in total. The summed E-state index contributed by atoms with van der Waals surface area (Å²) in [5.41, 5.74) is 2.50. The molecule has 1 aliphatic heterocycles. The Bertz CT molecular complexity index is 970. The van der Waals surface area contributed by atoms with E-state index in [9.17, 15) is 18.0 Å². The number of nitrogens with zero attached hydrogens (tertiary/aromatic N) is 1. The standard InChI is InChI=1S/C20H23N3O4S/c1-14-3-5-16(6-4-14)15(2)22-20(25)17-7-9-18(10-8-17)28(26,27)23-12-11-21-19(24)13-23/h3-10,15H,11-13H2,1-2H3,(H,21,24)(H,22,25). The van der Waals surface area contributed by atoms with Gasteiger partial charge in [-0.25, -0.2) is 8.42 Å². The molecule has 0 aliphatic carbocycles. The van der Waals surface area contributed by atoms with Crippen LogP contribution < -0.4 is 10.6 Å². The highest BCUT2D eigenvalue weighted by atomic mass is 32.2. The van der Waals surface area contributed by atoms with Gasteiger partial charge in [0.15, 0.2) is 0 Å². The first kappa shape index (κ1) is 20.0. The maximum absolute atomic E-state index is 12.6. The summed E-state index contributed by atoms with van der Waals surface area (Å²) in [6.45, 7) is 4.21. The summed E-state index contributed by atoms with van der Waals surface area (Å²) in [4.78, 5) is 24.0. The van der Waals surface area contributed by atoms with E-state index in [0.29, 0.717) is 5.56 Å². The van der Waals surface area contributed by atoms with Gasteiger partial charge in [-0.05, 0) is 43.7 Å². The largest absolute Gasteiger partial charge is 0.354 e. The summed E-state index contributed by atoms with van der Waals surface area (Å²) < 4.78 is 26.4. The molecule has 0 radical (unpaired) electrons. The fraction of sp³-hybridized carbons (Fsp3) is 0.300. The van der Waals surface area contributed by atoms with Crippen LogP contribution in [0.4, 0.5) is 0 Å². The molecule has 28 heavy (non-hydrogen) atoms.